The third-order valence-electron chi connectivity index (χ3n) is 0.870. The van der Waals surface area contributed by atoms with Gasteiger partial charge in [-0.05, 0) is 0 Å². The third kappa shape index (κ3) is 3.36. The van der Waals surface area contributed by atoms with Crippen molar-refractivity contribution in [2.24, 2.45) is 0 Å². The van der Waals surface area contributed by atoms with Gasteiger partial charge in [0.2, 0.25) is 0 Å². The van der Waals surface area contributed by atoms with Gasteiger partial charge in [-0.25, -0.2) is 0 Å². The first-order chi connectivity index (χ1) is 5.50. The summed E-state index contributed by atoms with van der Waals surface area (Å²) in [4.78, 5) is 20.7. The molecule has 66 valence electrons. The van der Waals surface area contributed by atoms with Crippen molar-refractivity contribution in [1.29, 1.82) is 0.594 Å². The second kappa shape index (κ2) is 4.91. The number of carboxylic acids is 1. The maximum atomic E-state index is 10.7. The van der Waals surface area contributed by atoms with Crippen molar-refractivity contribution in [2.45, 2.75) is 12.2 Å². The van der Waals surface area contributed by atoms with Crippen LogP contribution in [-0.2, 0) is 9.59 Å². The number of carbonyl (C=O) groups excluding carboxylic acids is 1. The average molecular weight is 295 g/mol. The Hall–Kier alpha value is 0.140. The van der Waals surface area contributed by atoms with Crippen LogP contribution in [0.5, 0.6) is 0 Å². The van der Waals surface area contributed by atoms with Gasteiger partial charge in [0.1, 0.15) is 0 Å². The standard InChI is InChI=1S/C4H6IO5S/c5-11-4(10)2(7)1(6)3(8)9/h1-2,5-7H,(H,8,9)/q-1/t1-,2-/m1/s1/i5T. The predicted octanol–water partition coefficient (Wildman–Crippen LogP) is -4.75. The van der Waals surface area contributed by atoms with E-state index in [0.717, 1.165) is 0 Å². The first kappa shape index (κ1) is 9.23. The average Bonchev–Trinajstić information content (AvgIpc) is 2.02. The van der Waals surface area contributed by atoms with Gasteiger partial charge in [-0.3, -0.25) is 0 Å². The van der Waals surface area contributed by atoms with Gasteiger partial charge in [-0.15, -0.1) is 0 Å². The quantitative estimate of drug-likeness (QED) is 0.451. The van der Waals surface area contributed by atoms with Crippen molar-refractivity contribution in [3.05, 3.63) is 0 Å². The van der Waals surface area contributed by atoms with Gasteiger partial charge in [0.05, 0.1) is 0 Å². The Balaban J connectivity index is 4.09. The van der Waals surface area contributed by atoms with Crippen LogP contribution in [0.15, 0.2) is 0 Å². The van der Waals surface area contributed by atoms with Crippen molar-refractivity contribution >= 4 is 20.0 Å². The molecule has 0 aromatic heterocycles. The Labute approximate surface area is 78.8 Å². The molecule has 0 saturated heterocycles. The van der Waals surface area contributed by atoms with Crippen molar-refractivity contribution < 1.29 is 45.9 Å². The van der Waals surface area contributed by atoms with E-state index in [1.165, 1.54) is 0 Å². The summed E-state index contributed by atoms with van der Waals surface area (Å²) in [5.41, 5.74) is 0. The van der Waals surface area contributed by atoms with Gasteiger partial charge < -0.3 is 0 Å². The number of carboxylic acid groups (broad SMARTS) is 1. The number of aliphatic hydroxyl groups is 2. The number of rotatable bonds is 4. The molecule has 0 amide bonds. The molecule has 7 heteroatoms. The summed E-state index contributed by atoms with van der Waals surface area (Å²) in [5.74, 6) is -1.65. The SMILES string of the molecule is [3H][I-]SC(=O)[C@H](O)[C@@H](O)C(=O)O. The molecule has 3 N–H and O–H groups in total. The van der Waals surface area contributed by atoms with Gasteiger partial charge in [0.15, 0.2) is 0 Å². The van der Waals surface area contributed by atoms with Gasteiger partial charge >= 0.3 is 78.7 Å². The summed E-state index contributed by atoms with van der Waals surface area (Å²) < 4.78 is 6.69. The Morgan fingerprint density at radius 1 is 1.45 bits per heavy atom. The van der Waals surface area contributed by atoms with Crippen molar-refractivity contribution in [3.8, 4) is 0 Å². The minimum absolute atomic E-state index is 0.550. The fourth-order valence-corrected chi connectivity index (χ4v) is 1.31. The maximum absolute atomic E-state index is 10.7. The van der Waals surface area contributed by atoms with Crippen LogP contribution in [0.3, 0.4) is 0 Å². The molecule has 0 aliphatic heterocycles. The Morgan fingerprint density at radius 3 is 2.36 bits per heavy atom. The first-order valence-corrected chi connectivity index (χ1v) is 5.78. The normalized spacial score (nSPS) is 17.1. The number of carbonyl (C=O) groups is 2. The Morgan fingerprint density at radius 2 is 2.00 bits per heavy atom. The summed E-state index contributed by atoms with van der Waals surface area (Å²) in [6.45, 7) is 0. The second-order valence-electron chi connectivity index (χ2n) is 1.62. The molecule has 0 heterocycles. The molecule has 0 rings (SSSR count). The fraction of sp³-hybridized carbons (Fsp3) is 0.500. The van der Waals surface area contributed by atoms with E-state index in [0.29, 0.717) is 8.93 Å². The van der Waals surface area contributed by atoms with E-state index in [2.05, 4.69) is 0 Å². The van der Waals surface area contributed by atoms with Crippen molar-refractivity contribution in [2.75, 3.05) is 0 Å². The van der Waals surface area contributed by atoms with Gasteiger partial charge in [0, 0.05) is 0 Å². The topological polar surface area (TPSA) is 94.8 Å². The monoisotopic (exact) mass is 295 g/mol. The number of aliphatic carboxylic acids is 1. The van der Waals surface area contributed by atoms with Crippen LogP contribution in [0.1, 0.15) is 0 Å². The summed E-state index contributed by atoms with van der Waals surface area (Å²) in [5, 5.41) is 24.8. The molecular weight excluding hydrogens is 287 g/mol. The van der Waals surface area contributed by atoms with E-state index >= 15 is 0 Å². The van der Waals surface area contributed by atoms with E-state index in [4.69, 9.17) is 15.9 Å². The molecule has 0 fully saturated rings. The van der Waals surface area contributed by atoms with Crippen LogP contribution in [-0.4, -0.2) is 39.2 Å². The number of halogens is 1. The number of hydrogen-bond donors (Lipinski definition) is 3. The predicted molar refractivity (Wildman–Crippen MR) is 33.6 cm³/mol. The zero-order valence-electron chi connectivity index (χ0n) is 6.10. The summed E-state index contributed by atoms with van der Waals surface area (Å²) in [6.07, 6.45) is -4.03. The van der Waals surface area contributed by atoms with Gasteiger partial charge in [0.25, 0.3) is 0 Å². The molecule has 0 aliphatic rings. The van der Waals surface area contributed by atoms with E-state index in [-0.39, 0.29) is 0 Å². The summed E-state index contributed by atoms with van der Waals surface area (Å²) >= 11 is -1.16. The van der Waals surface area contributed by atoms with E-state index in [9.17, 15) is 9.59 Å². The molecule has 0 aromatic rings. The van der Waals surface area contributed by atoms with Crippen LogP contribution < -0.4 is 21.0 Å². The van der Waals surface area contributed by atoms with Gasteiger partial charge in [-0.2, -0.15) is 0 Å². The van der Waals surface area contributed by atoms with Crippen LogP contribution in [0.2, 0.25) is 0 Å². The van der Waals surface area contributed by atoms with Crippen LogP contribution >= 0.6 is 8.93 Å². The molecular formula is C4H6IO5S-. The minimum atomic E-state index is -2.10. The van der Waals surface area contributed by atoms with E-state index < -0.39 is 44.3 Å². The van der Waals surface area contributed by atoms with Crippen molar-refractivity contribution in [3.63, 3.8) is 0 Å². The van der Waals surface area contributed by atoms with Crippen LogP contribution in [0.25, 0.3) is 0 Å². The molecule has 0 saturated carbocycles. The summed E-state index contributed by atoms with van der Waals surface area (Å²) in [7, 11) is 0.550. The zero-order valence-corrected chi connectivity index (χ0v) is 8.07. The van der Waals surface area contributed by atoms with Crippen molar-refractivity contribution in [1.82, 2.24) is 0 Å². The molecule has 5 nitrogen and oxygen atoms in total. The Bertz CT molecular complexity index is 188. The van der Waals surface area contributed by atoms with Crippen LogP contribution in [0, 0.1) is 0 Å². The molecule has 0 spiro atoms. The summed E-state index contributed by atoms with van der Waals surface area (Å²) in [6, 6.07) is 0. The molecule has 11 heavy (non-hydrogen) atoms. The molecule has 0 unspecified atom stereocenters. The molecule has 0 radical (unpaired) electrons. The Kier molecular flexibility index (Phi) is 4.12. The number of aliphatic hydroxyl groups excluding tert-OH is 2. The molecule has 2 atom stereocenters. The fourth-order valence-electron chi connectivity index (χ4n) is 0.310. The van der Waals surface area contributed by atoms with E-state index in [1.54, 1.807) is 0 Å². The number of hydrogen-bond acceptors (Lipinski definition) is 5. The molecule has 0 aliphatic carbocycles. The van der Waals surface area contributed by atoms with E-state index in [1.807, 2.05) is 0 Å². The first-order valence-electron chi connectivity index (χ1n) is 2.80. The zero-order chi connectivity index (χ0) is 9.72. The van der Waals surface area contributed by atoms with Crippen LogP contribution in [0.4, 0.5) is 0 Å². The van der Waals surface area contributed by atoms with Gasteiger partial charge in [-0.1, -0.05) is 0 Å². The third-order valence-corrected chi connectivity index (χ3v) is 2.57. The second-order valence-corrected chi connectivity index (χ2v) is 3.50. The molecule has 0 bridgehead atoms. The molecule has 0 aromatic carbocycles.